The van der Waals surface area contributed by atoms with E-state index in [2.05, 4.69) is 64.4 Å². The third-order valence-corrected chi connectivity index (χ3v) is 4.23. The molecular formula is C13H14BrNS. The average Bonchev–Trinajstić information content (AvgIpc) is 2.75. The van der Waals surface area contributed by atoms with Crippen LogP contribution in [-0.2, 0) is 0 Å². The van der Waals surface area contributed by atoms with Gasteiger partial charge in [-0.2, -0.15) is 0 Å². The summed E-state index contributed by atoms with van der Waals surface area (Å²) >= 11 is 5.01. The lowest BCUT2D eigenvalue weighted by Crippen LogP contribution is -1.90. The molecule has 0 spiro atoms. The smallest absolute Gasteiger partial charge is 0.159 e. The van der Waals surface area contributed by atoms with Crippen molar-refractivity contribution in [3.63, 3.8) is 0 Å². The number of benzene rings is 1. The van der Waals surface area contributed by atoms with E-state index in [1.165, 1.54) is 17.5 Å². The fourth-order valence-electron chi connectivity index (χ4n) is 1.60. The lowest BCUT2D eigenvalue weighted by atomic mass is 9.97. The molecule has 2 aromatic rings. The Morgan fingerprint density at radius 3 is 2.50 bits per heavy atom. The van der Waals surface area contributed by atoms with Crippen molar-refractivity contribution in [2.24, 2.45) is 0 Å². The minimum absolute atomic E-state index is 0.635. The first-order valence-corrected chi connectivity index (χ1v) is 7.09. The van der Waals surface area contributed by atoms with Gasteiger partial charge in [-0.3, -0.25) is 0 Å². The van der Waals surface area contributed by atoms with Crippen LogP contribution >= 0.6 is 27.3 Å². The van der Waals surface area contributed by atoms with Gasteiger partial charge in [-0.1, -0.05) is 38.1 Å². The summed E-state index contributed by atoms with van der Waals surface area (Å²) in [7, 11) is 0. The lowest BCUT2D eigenvalue weighted by Gasteiger charge is -2.08. The fourth-order valence-corrected chi connectivity index (χ4v) is 2.62. The molecule has 0 amide bonds. The molecule has 1 atom stereocenters. The van der Waals surface area contributed by atoms with E-state index in [0.717, 1.165) is 9.61 Å². The Kier molecular flexibility index (Phi) is 3.77. The Labute approximate surface area is 109 Å². The minimum atomic E-state index is 0.635. The van der Waals surface area contributed by atoms with Crippen LogP contribution in [0.1, 0.15) is 31.7 Å². The molecule has 0 saturated carbocycles. The fraction of sp³-hybridized carbons (Fsp3) is 0.308. The van der Waals surface area contributed by atoms with Crippen LogP contribution in [0.4, 0.5) is 0 Å². The van der Waals surface area contributed by atoms with E-state index in [1.807, 2.05) is 0 Å². The summed E-state index contributed by atoms with van der Waals surface area (Å²) in [6.45, 7) is 4.48. The van der Waals surface area contributed by atoms with Crippen LogP contribution in [-0.4, -0.2) is 4.98 Å². The third kappa shape index (κ3) is 2.53. The molecule has 0 aliphatic heterocycles. The summed E-state index contributed by atoms with van der Waals surface area (Å²) in [5.74, 6) is 0.635. The van der Waals surface area contributed by atoms with Gasteiger partial charge in [-0.05, 0) is 33.8 Å². The molecule has 1 aromatic carbocycles. The predicted molar refractivity (Wildman–Crippen MR) is 74.0 cm³/mol. The van der Waals surface area contributed by atoms with Gasteiger partial charge in [0.25, 0.3) is 0 Å². The SMILES string of the molecule is CCC(C)c1ccc(-c2csc(Br)n2)cc1. The molecule has 1 aromatic heterocycles. The van der Waals surface area contributed by atoms with Crippen molar-refractivity contribution in [1.82, 2.24) is 4.98 Å². The Morgan fingerprint density at radius 2 is 2.00 bits per heavy atom. The molecule has 3 heteroatoms. The first-order chi connectivity index (χ1) is 7.70. The maximum absolute atomic E-state index is 4.41. The van der Waals surface area contributed by atoms with Gasteiger partial charge < -0.3 is 0 Å². The Balaban J connectivity index is 2.25. The monoisotopic (exact) mass is 295 g/mol. The van der Waals surface area contributed by atoms with E-state index in [-0.39, 0.29) is 0 Å². The minimum Gasteiger partial charge on any atom is -0.229 e. The van der Waals surface area contributed by atoms with E-state index in [1.54, 1.807) is 11.3 Å². The molecular weight excluding hydrogens is 282 g/mol. The van der Waals surface area contributed by atoms with Crippen molar-refractivity contribution in [2.45, 2.75) is 26.2 Å². The molecule has 2 rings (SSSR count). The average molecular weight is 296 g/mol. The summed E-state index contributed by atoms with van der Waals surface area (Å²) in [6, 6.07) is 8.72. The van der Waals surface area contributed by atoms with Crippen LogP contribution < -0.4 is 0 Å². The quantitative estimate of drug-likeness (QED) is 0.769. The van der Waals surface area contributed by atoms with Crippen LogP contribution in [0.3, 0.4) is 0 Å². The molecule has 1 unspecified atom stereocenters. The molecule has 0 fully saturated rings. The topological polar surface area (TPSA) is 12.9 Å². The molecule has 0 aliphatic rings. The highest BCUT2D eigenvalue weighted by atomic mass is 79.9. The van der Waals surface area contributed by atoms with Gasteiger partial charge in [-0.15, -0.1) is 11.3 Å². The highest BCUT2D eigenvalue weighted by Gasteiger charge is 2.05. The number of thiazole rings is 1. The number of rotatable bonds is 3. The van der Waals surface area contributed by atoms with Crippen LogP contribution in [0.15, 0.2) is 33.6 Å². The number of aromatic nitrogens is 1. The third-order valence-electron chi connectivity index (χ3n) is 2.86. The maximum atomic E-state index is 4.41. The zero-order chi connectivity index (χ0) is 11.5. The number of hydrogen-bond donors (Lipinski definition) is 0. The van der Waals surface area contributed by atoms with E-state index in [4.69, 9.17) is 0 Å². The van der Waals surface area contributed by atoms with Crippen molar-refractivity contribution < 1.29 is 0 Å². The van der Waals surface area contributed by atoms with Gasteiger partial charge in [-0.25, -0.2) is 4.98 Å². The molecule has 84 valence electrons. The summed E-state index contributed by atoms with van der Waals surface area (Å²) in [6.07, 6.45) is 1.18. The second kappa shape index (κ2) is 5.11. The lowest BCUT2D eigenvalue weighted by molar-refractivity contribution is 0.734. The summed E-state index contributed by atoms with van der Waals surface area (Å²) < 4.78 is 0.938. The molecule has 0 aliphatic carbocycles. The second-order valence-corrected chi connectivity index (χ2v) is 6.05. The zero-order valence-corrected chi connectivity index (χ0v) is 11.8. The Bertz CT molecular complexity index is 461. The van der Waals surface area contributed by atoms with E-state index in [0.29, 0.717) is 5.92 Å². The standard InChI is InChI=1S/C13H14BrNS/c1-3-9(2)10-4-6-11(7-5-10)12-8-16-13(14)15-12/h4-9H,3H2,1-2H3. The summed E-state index contributed by atoms with van der Waals surface area (Å²) in [4.78, 5) is 4.41. The van der Waals surface area contributed by atoms with Crippen molar-refractivity contribution in [2.75, 3.05) is 0 Å². The highest BCUT2D eigenvalue weighted by Crippen LogP contribution is 2.27. The van der Waals surface area contributed by atoms with Crippen molar-refractivity contribution >= 4 is 27.3 Å². The van der Waals surface area contributed by atoms with Crippen molar-refractivity contribution in [1.29, 1.82) is 0 Å². The van der Waals surface area contributed by atoms with Crippen molar-refractivity contribution in [3.05, 3.63) is 39.1 Å². The largest absolute Gasteiger partial charge is 0.229 e. The van der Waals surface area contributed by atoms with Crippen LogP contribution in [0, 0.1) is 0 Å². The molecule has 16 heavy (non-hydrogen) atoms. The van der Waals surface area contributed by atoms with Crippen molar-refractivity contribution in [3.8, 4) is 11.3 Å². The van der Waals surface area contributed by atoms with Gasteiger partial charge in [0.05, 0.1) is 5.69 Å². The summed E-state index contributed by atoms with van der Waals surface area (Å²) in [5, 5.41) is 2.07. The van der Waals surface area contributed by atoms with Gasteiger partial charge in [0, 0.05) is 10.9 Å². The first kappa shape index (κ1) is 11.8. The van der Waals surface area contributed by atoms with Crippen LogP contribution in [0.5, 0.6) is 0 Å². The molecule has 0 radical (unpaired) electrons. The Hall–Kier alpha value is -0.670. The summed E-state index contributed by atoms with van der Waals surface area (Å²) in [5.41, 5.74) is 3.64. The van der Waals surface area contributed by atoms with Gasteiger partial charge in [0.1, 0.15) is 0 Å². The second-order valence-electron chi connectivity index (χ2n) is 3.92. The molecule has 0 N–H and O–H groups in total. The molecule has 1 nitrogen and oxygen atoms in total. The van der Waals surface area contributed by atoms with Gasteiger partial charge in [0.15, 0.2) is 3.92 Å². The predicted octanol–water partition coefficient (Wildman–Crippen LogP) is 5.09. The number of halogens is 1. The number of hydrogen-bond acceptors (Lipinski definition) is 2. The number of nitrogens with zero attached hydrogens (tertiary/aromatic N) is 1. The molecule has 0 saturated heterocycles. The van der Waals surface area contributed by atoms with E-state index in [9.17, 15) is 0 Å². The Morgan fingerprint density at radius 1 is 1.31 bits per heavy atom. The highest BCUT2D eigenvalue weighted by molar-refractivity contribution is 9.11. The molecule has 0 bridgehead atoms. The first-order valence-electron chi connectivity index (χ1n) is 5.42. The molecule has 1 heterocycles. The van der Waals surface area contributed by atoms with E-state index < -0.39 is 0 Å². The van der Waals surface area contributed by atoms with E-state index >= 15 is 0 Å². The van der Waals surface area contributed by atoms with Gasteiger partial charge in [0.2, 0.25) is 0 Å². The zero-order valence-electron chi connectivity index (χ0n) is 9.40. The van der Waals surface area contributed by atoms with Gasteiger partial charge >= 0.3 is 0 Å². The normalized spacial score (nSPS) is 12.7. The van der Waals surface area contributed by atoms with Crippen LogP contribution in [0.2, 0.25) is 0 Å². The van der Waals surface area contributed by atoms with Crippen LogP contribution in [0.25, 0.3) is 11.3 Å². The maximum Gasteiger partial charge on any atom is 0.159 e.